The Hall–Kier alpha value is -2.87. The Kier molecular flexibility index (Phi) is 4.19. The van der Waals surface area contributed by atoms with Gasteiger partial charge in [-0.25, -0.2) is 5.84 Å². The molecule has 1 amide bonds. The molecular formula is C13H13N3O5. The number of carbonyl (C=O) groups is 1. The van der Waals surface area contributed by atoms with Crippen molar-refractivity contribution in [1.82, 2.24) is 5.43 Å². The summed E-state index contributed by atoms with van der Waals surface area (Å²) in [6.07, 6.45) is 0. The van der Waals surface area contributed by atoms with Gasteiger partial charge in [0, 0.05) is 6.07 Å². The molecule has 0 fully saturated rings. The topological polar surface area (TPSA) is 121 Å². The molecule has 0 spiro atoms. The van der Waals surface area contributed by atoms with Crippen molar-refractivity contribution >= 4 is 11.6 Å². The first kappa shape index (κ1) is 14.5. The standard InChI is InChI=1S/C13H13N3O5/c1-8-2-3-9(16(18)19)6-12(8)20-7-10-4-5-11(21-10)13(17)15-14/h2-6H,7,14H2,1H3,(H,15,17). The van der Waals surface area contributed by atoms with Crippen molar-refractivity contribution in [2.45, 2.75) is 13.5 Å². The van der Waals surface area contributed by atoms with Gasteiger partial charge in [-0.1, -0.05) is 0 Å². The second-order valence-electron chi connectivity index (χ2n) is 4.24. The number of nitrogens with one attached hydrogen (secondary N) is 1. The lowest BCUT2D eigenvalue weighted by atomic mass is 10.2. The molecule has 0 aliphatic carbocycles. The Morgan fingerprint density at radius 1 is 1.43 bits per heavy atom. The van der Waals surface area contributed by atoms with Crippen LogP contribution in [0.25, 0.3) is 0 Å². The van der Waals surface area contributed by atoms with Gasteiger partial charge in [-0.2, -0.15) is 0 Å². The Bertz CT molecular complexity index is 680. The second-order valence-corrected chi connectivity index (χ2v) is 4.24. The average Bonchev–Trinajstić information content (AvgIpc) is 2.94. The minimum absolute atomic E-state index is 0.0415. The molecule has 0 bridgehead atoms. The van der Waals surface area contributed by atoms with Gasteiger partial charge in [0.1, 0.15) is 18.1 Å². The molecule has 1 aromatic heterocycles. The lowest BCUT2D eigenvalue weighted by Crippen LogP contribution is -2.29. The number of hydrazine groups is 1. The van der Waals surface area contributed by atoms with Crippen molar-refractivity contribution in [3.63, 3.8) is 0 Å². The number of hydrogen-bond donors (Lipinski definition) is 2. The molecule has 2 rings (SSSR count). The van der Waals surface area contributed by atoms with Crippen molar-refractivity contribution in [2.75, 3.05) is 0 Å². The predicted octanol–water partition coefficient (Wildman–Crippen LogP) is 1.68. The highest BCUT2D eigenvalue weighted by Crippen LogP contribution is 2.25. The monoisotopic (exact) mass is 291 g/mol. The number of amides is 1. The van der Waals surface area contributed by atoms with Gasteiger partial charge >= 0.3 is 5.91 Å². The summed E-state index contributed by atoms with van der Waals surface area (Å²) in [5.74, 6) is 5.28. The first-order chi connectivity index (χ1) is 10.0. The summed E-state index contributed by atoms with van der Waals surface area (Å²) in [5.41, 5.74) is 2.65. The molecule has 0 aliphatic heterocycles. The van der Waals surface area contributed by atoms with Crippen LogP contribution in [0.4, 0.5) is 5.69 Å². The zero-order valence-electron chi connectivity index (χ0n) is 11.2. The van der Waals surface area contributed by atoms with Crippen LogP contribution in [0.2, 0.25) is 0 Å². The second kappa shape index (κ2) is 6.06. The third kappa shape index (κ3) is 3.37. The van der Waals surface area contributed by atoms with Crippen LogP contribution in [-0.2, 0) is 6.61 Å². The van der Waals surface area contributed by atoms with Crippen LogP contribution in [0.1, 0.15) is 21.9 Å². The van der Waals surface area contributed by atoms with E-state index in [1.165, 1.54) is 18.2 Å². The highest BCUT2D eigenvalue weighted by molar-refractivity contribution is 5.90. The van der Waals surface area contributed by atoms with Gasteiger partial charge in [-0.3, -0.25) is 20.3 Å². The largest absolute Gasteiger partial charge is 0.485 e. The summed E-state index contributed by atoms with van der Waals surface area (Å²) in [5, 5.41) is 10.7. The van der Waals surface area contributed by atoms with Gasteiger partial charge in [0.25, 0.3) is 5.69 Å². The van der Waals surface area contributed by atoms with Crippen LogP contribution in [0.3, 0.4) is 0 Å². The lowest BCUT2D eigenvalue weighted by Gasteiger charge is -2.07. The third-order valence-corrected chi connectivity index (χ3v) is 2.77. The van der Waals surface area contributed by atoms with Crippen LogP contribution in [-0.4, -0.2) is 10.8 Å². The van der Waals surface area contributed by atoms with Gasteiger partial charge in [-0.05, 0) is 30.7 Å². The summed E-state index contributed by atoms with van der Waals surface area (Å²) >= 11 is 0. The van der Waals surface area contributed by atoms with E-state index in [0.29, 0.717) is 11.5 Å². The fourth-order valence-corrected chi connectivity index (χ4v) is 1.66. The molecule has 0 saturated heterocycles. The van der Waals surface area contributed by atoms with Crippen molar-refractivity contribution in [3.8, 4) is 5.75 Å². The molecule has 21 heavy (non-hydrogen) atoms. The number of nitrogens with two attached hydrogens (primary N) is 1. The van der Waals surface area contributed by atoms with E-state index in [2.05, 4.69) is 0 Å². The van der Waals surface area contributed by atoms with Crippen LogP contribution in [0, 0.1) is 17.0 Å². The Balaban J connectivity index is 2.09. The number of nitrogens with zero attached hydrogens (tertiary/aromatic N) is 1. The minimum atomic E-state index is -0.548. The van der Waals surface area contributed by atoms with E-state index >= 15 is 0 Å². The number of aryl methyl sites for hydroxylation is 1. The summed E-state index contributed by atoms with van der Waals surface area (Å²) in [4.78, 5) is 21.5. The number of non-ortho nitro benzene ring substituents is 1. The smallest absolute Gasteiger partial charge is 0.300 e. The molecule has 3 N–H and O–H groups in total. The molecule has 8 nitrogen and oxygen atoms in total. The van der Waals surface area contributed by atoms with Crippen LogP contribution >= 0.6 is 0 Å². The molecule has 110 valence electrons. The maximum Gasteiger partial charge on any atom is 0.300 e. The summed E-state index contributed by atoms with van der Waals surface area (Å²) in [7, 11) is 0. The fourth-order valence-electron chi connectivity index (χ4n) is 1.66. The number of furan rings is 1. The highest BCUT2D eigenvalue weighted by atomic mass is 16.6. The molecule has 1 heterocycles. The number of rotatable bonds is 5. The fraction of sp³-hybridized carbons (Fsp3) is 0.154. The third-order valence-electron chi connectivity index (χ3n) is 2.77. The van der Waals surface area contributed by atoms with Crippen LogP contribution in [0.15, 0.2) is 34.7 Å². The highest BCUT2D eigenvalue weighted by Gasteiger charge is 2.12. The first-order valence-corrected chi connectivity index (χ1v) is 5.98. The number of nitro groups is 1. The SMILES string of the molecule is Cc1ccc([N+](=O)[O-])cc1OCc1ccc(C(=O)NN)o1. The molecule has 8 heteroatoms. The van der Waals surface area contributed by atoms with E-state index in [1.54, 1.807) is 19.1 Å². The van der Waals surface area contributed by atoms with Crippen molar-refractivity contribution in [3.05, 3.63) is 57.5 Å². The number of carbonyl (C=O) groups excluding carboxylic acids is 1. The molecule has 1 aromatic carbocycles. The number of nitro benzene ring substituents is 1. The van der Waals surface area contributed by atoms with E-state index < -0.39 is 10.8 Å². The van der Waals surface area contributed by atoms with Crippen LogP contribution in [0.5, 0.6) is 5.75 Å². The van der Waals surface area contributed by atoms with Gasteiger partial charge < -0.3 is 9.15 Å². The van der Waals surface area contributed by atoms with E-state index in [9.17, 15) is 14.9 Å². The van der Waals surface area contributed by atoms with E-state index in [-0.39, 0.29) is 18.1 Å². The number of benzene rings is 1. The zero-order valence-corrected chi connectivity index (χ0v) is 11.2. The van der Waals surface area contributed by atoms with Gasteiger partial charge in [0.05, 0.1) is 11.0 Å². The molecule has 0 aliphatic rings. The molecule has 0 unspecified atom stereocenters. The number of hydrogen-bond acceptors (Lipinski definition) is 6. The number of ether oxygens (including phenoxy) is 1. The van der Waals surface area contributed by atoms with E-state index in [4.69, 9.17) is 15.0 Å². The molecule has 0 saturated carbocycles. The van der Waals surface area contributed by atoms with E-state index in [0.717, 1.165) is 5.56 Å². The summed E-state index contributed by atoms with van der Waals surface area (Å²) in [6, 6.07) is 7.37. The minimum Gasteiger partial charge on any atom is -0.485 e. The average molecular weight is 291 g/mol. The Morgan fingerprint density at radius 2 is 2.19 bits per heavy atom. The van der Waals surface area contributed by atoms with Crippen LogP contribution < -0.4 is 16.0 Å². The molecule has 0 atom stereocenters. The van der Waals surface area contributed by atoms with Gasteiger partial charge in [-0.15, -0.1) is 0 Å². The van der Waals surface area contributed by atoms with Gasteiger partial charge in [0.2, 0.25) is 0 Å². The molecular weight excluding hydrogens is 278 g/mol. The quantitative estimate of drug-likeness (QED) is 0.374. The summed E-state index contributed by atoms with van der Waals surface area (Å²) in [6.45, 7) is 1.81. The number of nitrogen functional groups attached to an aromatic ring is 1. The normalized spacial score (nSPS) is 10.2. The Labute approximate surface area is 119 Å². The predicted molar refractivity (Wildman–Crippen MR) is 72.5 cm³/mol. The Morgan fingerprint density at radius 3 is 2.86 bits per heavy atom. The van der Waals surface area contributed by atoms with E-state index in [1.807, 2.05) is 5.43 Å². The van der Waals surface area contributed by atoms with Crippen molar-refractivity contribution in [2.24, 2.45) is 5.84 Å². The van der Waals surface area contributed by atoms with Crippen molar-refractivity contribution < 1.29 is 18.9 Å². The van der Waals surface area contributed by atoms with Gasteiger partial charge in [0.15, 0.2) is 5.76 Å². The molecule has 2 aromatic rings. The maximum atomic E-state index is 11.2. The van der Waals surface area contributed by atoms with Crippen molar-refractivity contribution in [1.29, 1.82) is 0 Å². The lowest BCUT2D eigenvalue weighted by molar-refractivity contribution is -0.385. The maximum absolute atomic E-state index is 11.2. The first-order valence-electron chi connectivity index (χ1n) is 5.98. The summed E-state index contributed by atoms with van der Waals surface area (Å²) < 4.78 is 10.7. The molecule has 0 radical (unpaired) electrons. The zero-order chi connectivity index (χ0) is 15.4.